The Labute approximate surface area is 227 Å². The van der Waals surface area contributed by atoms with Gasteiger partial charge in [0.15, 0.2) is 17.7 Å². The lowest BCUT2D eigenvalue weighted by molar-refractivity contribution is -0.273. The molecule has 7 heteroatoms. The molecule has 13 atom stereocenters. The molecule has 0 bridgehead atoms. The van der Waals surface area contributed by atoms with Crippen molar-refractivity contribution in [2.75, 3.05) is 6.61 Å². The molecule has 38 heavy (non-hydrogen) atoms. The maximum atomic E-state index is 14.6. The molecule has 6 rings (SSSR count). The first-order valence-corrected chi connectivity index (χ1v) is 15.1. The third-order valence-corrected chi connectivity index (χ3v) is 12.3. The Kier molecular flexibility index (Phi) is 6.35. The van der Waals surface area contributed by atoms with E-state index in [1.165, 1.54) is 13.8 Å². The minimum absolute atomic E-state index is 0.0169. The van der Waals surface area contributed by atoms with Crippen molar-refractivity contribution in [2.24, 2.45) is 52.3 Å². The number of Topliss-reactive ketones (excluding diaryl/α,β-unsaturated/α-hetero) is 1. The van der Waals surface area contributed by atoms with Crippen LogP contribution in [0.15, 0.2) is 0 Å². The average Bonchev–Trinajstić information content (AvgIpc) is 3.29. The van der Waals surface area contributed by atoms with Gasteiger partial charge in [-0.05, 0) is 74.0 Å². The van der Waals surface area contributed by atoms with Gasteiger partial charge in [0.05, 0.1) is 12.7 Å². The van der Waals surface area contributed by atoms with E-state index < -0.39 is 17.3 Å². The first-order valence-electron chi connectivity index (χ1n) is 15.1. The van der Waals surface area contributed by atoms with Crippen LogP contribution in [-0.4, -0.2) is 48.4 Å². The molecular formula is C31H46O7. The number of carbonyl (C=O) groups excluding carboxylic acids is 3. The van der Waals surface area contributed by atoms with Gasteiger partial charge in [0.2, 0.25) is 0 Å². The van der Waals surface area contributed by atoms with Gasteiger partial charge in [0.25, 0.3) is 0 Å². The van der Waals surface area contributed by atoms with Gasteiger partial charge in [-0.1, -0.05) is 27.7 Å². The Morgan fingerprint density at radius 3 is 2.34 bits per heavy atom. The van der Waals surface area contributed by atoms with Crippen molar-refractivity contribution in [3.63, 3.8) is 0 Å². The molecule has 2 aliphatic heterocycles. The first-order chi connectivity index (χ1) is 17.9. The topological polar surface area (TPSA) is 88.1 Å². The van der Waals surface area contributed by atoms with Gasteiger partial charge in [0, 0.05) is 43.4 Å². The van der Waals surface area contributed by atoms with E-state index in [-0.39, 0.29) is 64.9 Å². The second-order valence-electron chi connectivity index (χ2n) is 14.3. The van der Waals surface area contributed by atoms with Gasteiger partial charge >= 0.3 is 11.9 Å². The largest absolute Gasteiger partial charge is 0.463 e. The summed E-state index contributed by atoms with van der Waals surface area (Å²) in [6, 6.07) is 0. The number of hydrogen-bond acceptors (Lipinski definition) is 7. The summed E-state index contributed by atoms with van der Waals surface area (Å²) in [7, 11) is 0. The number of hydrogen-bond donors (Lipinski definition) is 0. The van der Waals surface area contributed by atoms with E-state index in [2.05, 4.69) is 27.7 Å². The van der Waals surface area contributed by atoms with Crippen LogP contribution in [0.1, 0.15) is 92.9 Å². The zero-order valence-corrected chi connectivity index (χ0v) is 24.0. The number of ketones is 1. The summed E-state index contributed by atoms with van der Waals surface area (Å²) < 4.78 is 25.0. The van der Waals surface area contributed by atoms with E-state index >= 15 is 0 Å². The molecule has 212 valence electrons. The number of rotatable bonds is 2. The molecule has 4 saturated carbocycles. The zero-order valence-electron chi connectivity index (χ0n) is 24.0. The Balaban J connectivity index is 1.34. The molecule has 6 aliphatic rings. The summed E-state index contributed by atoms with van der Waals surface area (Å²) in [6.07, 6.45) is 6.54. The molecule has 1 spiro atoms. The van der Waals surface area contributed by atoms with Gasteiger partial charge in [0.1, 0.15) is 6.10 Å². The number of fused-ring (bicyclic) bond motifs is 7. The lowest BCUT2D eigenvalue weighted by atomic mass is 9.43. The van der Waals surface area contributed by atoms with E-state index in [4.69, 9.17) is 18.9 Å². The minimum atomic E-state index is -0.758. The maximum Gasteiger partial charge on any atom is 0.303 e. The second kappa shape index (κ2) is 9.02. The Morgan fingerprint density at radius 1 is 0.947 bits per heavy atom. The minimum Gasteiger partial charge on any atom is -0.463 e. The van der Waals surface area contributed by atoms with E-state index in [1.54, 1.807) is 0 Å². The summed E-state index contributed by atoms with van der Waals surface area (Å²) in [4.78, 5) is 38.8. The fourth-order valence-electron chi connectivity index (χ4n) is 10.7. The third kappa shape index (κ3) is 3.69. The van der Waals surface area contributed by atoms with Crippen molar-refractivity contribution >= 4 is 17.7 Å². The molecule has 0 amide bonds. The fraction of sp³-hybridized carbons (Fsp3) is 0.903. The highest BCUT2D eigenvalue weighted by Crippen LogP contribution is 2.71. The molecular weight excluding hydrogens is 484 g/mol. The number of ether oxygens (including phenoxy) is 4. The van der Waals surface area contributed by atoms with Crippen LogP contribution >= 0.6 is 0 Å². The van der Waals surface area contributed by atoms with Gasteiger partial charge < -0.3 is 18.9 Å². The molecule has 6 fully saturated rings. The van der Waals surface area contributed by atoms with Crippen molar-refractivity contribution < 1.29 is 33.3 Å². The van der Waals surface area contributed by atoms with Crippen LogP contribution in [0.25, 0.3) is 0 Å². The number of carbonyl (C=O) groups is 3. The van der Waals surface area contributed by atoms with Crippen molar-refractivity contribution in [1.82, 2.24) is 0 Å². The predicted octanol–water partition coefficient (Wildman–Crippen LogP) is 5.09. The van der Waals surface area contributed by atoms with E-state index in [1.807, 2.05) is 0 Å². The van der Waals surface area contributed by atoms with Crippen LogP contribution < -0.4 is 0 Å². The van der Waals surface area contributed by atoms with Crippen molar-refractivity contribution in [3.8, 4) is 0 Å². The van der Waals surface area contributed by atoms with Crippen LogP contribution in [-0.2, 0) is 33.3 Å². The van der Waals surface area contributed by atoms with Gasteiger partial charge in [-0.3, -0.25) is 14.4 Å². The monoisotopic (exact) mass is 530 g/mol. The molecule has 0 unspecified atom stereocenters. The third-order valence-electron chi connectivity index (χ3n) is 12.3. The molecule has 0 aromatic heterocycles. The van der Waals surface area contributed by atoms with E-state index in [9.17, 15) is 14.4 Å². The standard InChI is InChI=1S/C31H46O7/c1-16-9-12-31(35-15-16)17(2)25-24(38-31)14-23-22-8-7-20-13-21(36-18(3)32)10-11-29(20,5)26(22)27(34)28(30(23,25)6)37-19(4)33/h16-17,20-26,28H,7-15H2,1-6H3/t16-,17-,20-,21-,22+,23+,24-,25+,26-,28+,29-,30-,31+/m0/s1. The molecule has 7 nitrogen and oxygen atoms in total. The Bertz CT molecular complexity index is 1000. The highest BCUT2D eigenvalue weighted by molar-refractivity contribution is 5.90. The summed E-state index contributed by atoms with van der Waals surface area (Å²) >= 11 is 0. The molecule has 4 aliphatic carbocycles. The van der Waals surface area contributed by atoms with Crippen LogP contribution in [0.3, 0.4) is 0 Å². The van der Waals surface area contributed by atoms with Crippen molar-refractivity contribution in [1.29, 1.82) is 0 Å². The SMILES string of the molecule is CC(=O)O[C@H]1CC[C@@]2(C)[C@@H](CC[C@H]3[C@H]2C(=O)[C@@H](OC(C)=O)[C@]2(C)[C@H]4[C@H](C[C@H]32)O[C@]2(CC[C@H](C)CO2)[C@H]4C)C1. The lowest BCUT2D eigenvalue weighted by Gasteiger charge is -2.61. The van der Waals surface area contributed by atoms with Crippen LogP contribution in [0.5, 0.6) is 0 Å². The average molecular weight is 531 g/mol. The molecule has 0 aromatic rings. The zero-order chi connectivity index (χ0) is 27.2. The molecule has 0 aromatic carbocycles. The van der Waals surface area contributed by atoms with Gasteiger partial charge in [-0.25, -0.2) is 0 Å². The second-order valence-corrected chi connectivity index (χ2v) is 14.3. The summed E-state index contributed by atoms with van der Waals surface area (Å²) in [5.41, 5.74) is -0.646. The first kappa shape index (κ1) is 26.7. The Morgan fingerprint density at radius 2 is 1.68 bits per heavy atom. The van der Waals surface area contributed by atoms with Crippen LogP contribution in [0, 0.1) is 52.3 Å². The van der Waals surface area contributed by atoms with Crippen molar-refractivity contribution in [3.05, 3.63) is 0 Å². The van der Waals surface area contributed by atoms with Gasteiger partial charge in [-0.15, -0.1) is 0 Å². The maximum absolute atomic E-state index is 14.6. The number of esters is 2. The summed E-state index contributed by atoms with van der Waals surface area (Å²) in [5, 5.41) is 0. The molecule has 0 N–H and O–H groups in total. The normalized spacial score (nSPS) is 53.5. The lowest BCUT2D eigenvalue weighted by Crippen LogP contribution is -2.65. The summed E-state index contributed by atoms with van der Waals surface area (Å²) in [5.74, 6) is 0.386. The quantitative estimate of drug-likeness (QED) is 0.460. The van der Waals surface area contributed by atoms with Crippen LogP contribution in [0.4, 0.5) is 0 Å². The summed E-state index contributed by atoms with van der Waals surface area (Å²) in [6.45, 7) is 12.6. The molecule has 2 saturated heterocycles. The highest BCUT2D eigenvalue weighted by atomic mass is 16.7. The fourth-order valence-corrected chi connectivity index (χ4v) is 10.7. The smallest absolute Gasteiger partial charge is 0.303 e. The van der Waals surface area contributed by atoms with Crippen molar-refractivity contribution in [2.45, 2.75) is 117 Å². The van der Waals surface area contributed by atoms with Crippen LogP contribution in [0.2, 0.25) is 0 Å². The molecule has 0 radical (unpaired) electrons. The predicted molar refractivity (Wildman–Crippen MR) is 139 cm³/mol. The van der Waals surface area contributed by atoms with E-state index in [0.29, 0.717) is 18.4 Å². The highest BCUT2D eigenvalue weighted by Gasteiger charge is 2.74. The molecule has 2 heterocycles. The van der Waals surface area contributed by atoms with E-state index in [0.717, 1.165) is 51.4 Å². The Hall–Kier alpha value is -1.47. The van der Waals surface area contributed by atoms with Gasteiger partial charge in [-0.2, -0.15) is 0 Å².